The third-order valence-corrected chi connectivity index (χ3v) is 7.34. The van der Waals surface area contributed by atoms with E-state index in [1.807, 2.05) is 18.2 Å². The van der Waals surface area contributed by atoms with E-state index in [0.717, 1.165) is 5.56 Å². The van der Waals surface area contributed by atoms with Gasteiger partial charge >= 0.3 is 18.3 Å². The Balaban J connectivity index is 1.86. The molecule has 0 unspecified atom stereocenters. The maximum atomic E-state index is 14.0. The van der Waals surface area contributed by atoms with Gasteiger partial charge in [-0.2, -0.15) is 0 Å². The van der Waals surface area contributed by atoms with Crippen molar-refractivity contribution < 1.29 is 38.1 Å². The van der Waals surface area contributed by atoms with E-state index in [1.165, 1.54) is 9.80 Å². The highest BCUT2D eigenvalue weighted by Crippen LogP contribution is 2.21. The number of rotatable bonds is 13. The number of amides is 3. The van der Waals surface area contributed by atoms with Crippen LogP contribution in [0, 0.1) is 10.8 Å². The molecule has 0 bridgehead atoms. The molecule has 0 fully saturated rings. The smallest absolute Gasteiger partial charge is 0.417 e. The Hall–Kier alpha value is -5.92. The molecule has 0 aliphatic rings. The molecule has 0 aromatic heterocycles. The fourth-order valence-corrected chi connectivity index (χ4v) is 4.89. The molecule has 3 rings (SSSR count). The minimum Gasteiger partial charge on any atom is -0.494 e. The SMILES string of the molecule is CC(=N)c1ccc(OCCCN(C(=O)OC(C)(C)C)/C(=N/c2ccccc2)N(CCCOc2ccc(C(=N)NC(=O)OC(C)(C)C)cc2)C(=O)OC(C)(C)C)cc1. The molecule has 57 heavy (non-hydrogen) atoms. The predicted octanol–water partition coefficient (Wildman–Crippen LogP) is 9.32. The first kappa shape index (κ1) is 45.5. The van der Waals surface area contributed by atoms with E-state index in [0.29, 0.717) is 41.3 Å². The summed E-state index contributed by atoms with van der Waals surface area (Å²) in [7, 11) is 0. The van der Waals surface area contributed by atoms with E-state index >= 15 is 0 Å². The van der Waals surface area contributed by atoms with Crippen molar-refractivity contribution in [3.63, 3.8) is 0 Å². The van der Waals surface area contributed by atoms with Crippen LogP contribution in [0.5, 0.6) is 11.5 Å². The summed E-state index contributed by atoms with van der Waals surface area (Å²) in [5.74, 6) is 1.00. The van der Waals surface area contributed by atoms with Crippen LogP contribution in [0.4, 0.5) is 20.1 Å². The largest absolute Gasteiger partial charge is 0.494 e. The van der Waals surface area contributed by atoms with Gasteiger partial charge < -0.3 is 29.1 Å². The van der Waals surface area contributed by atoms with E-state index in [4.69, 9.17) is 39.5 Å². The standard InChI is InChI=1S/C43H58N6O8/c1-30(44)31-18-22-34(23-19-31)53-28-14-26-48(39(51)56-42(5,6)7)37(46-33-16-12-11-13-17-33)49(40(52)57-43(8,9)10)27-15-29-54-35-24-20-32(21-25-35)36(45)47-38(50)55-41(2,3)4/h11-13,16-25,44H,14-15,26-29H2,1-10H3,(H2,45,47,50)/b44-30?,46-37-. The number of benzene rings is 3. The van der Waals surface area contributed by atoms with Crippen LogP contribution >= 0.6 is 0 Å². The molecule has 3 aromatic carbocycles. The lowest BCUT2D eigenvalue weighted by Crippen LogP contribution is -2.53. The van der Waals surface area contributed by atoms with Gasteiger partial charge in [0.25, 0.3) is 0 Å². The van der Waals surface area contributed by atoms with Gasteiger partial charge in [-0.05, 0) is 148 Å². The summed E-state index contributed by atoms with van der Waals surface area (Å²) in [6.07, 6.45) is -1.49. The highest BCUT2D eigenvalue weighted by molar-refractivity contribution is 6.04. The van der Waals surface area contributed by atoms with Crippen LogP contribution in [0.2, 0.25) is 0 Å². The molecule has 0 aliphatic heterocycles. The van der Waals surface area contributed by atoms with Crippen molar-refractivity contribution in [2.75, 3.05) is 26.3 Å². The maximum absolute atomic E-state index is 14.0. The average Bonchev–Trinajstić information content (AvgIpc) is 3.09. The van der Waals surface area contributed by atoms with Gasteiger partial charge in [-0.1, -0.05) is 18.2 Å². The van der Waals surface area contributed by atoms with Crippen molar-refractivity contribution in [2.45, 2.75) is 98.9 Å². The Morgan fingerprint density at radius 1 is 0.614 bits per heavy atom. The number of carbonyl (C=O) groups is 3. The molecule has 0 atom stereocenters. The van der Waals surface area contributed by atoms with E-state index < -0.39 is 35.1 Å². The zero-order valence-electron chi connectivity index (χ0n) is 34.9. The minimum absolute atomic E-state index is 0.0101. The number of guanidine groups is 1. The zero-order chi connectivity index (χ0) is 42.4. The summed E-state index contributed by atoms with van der Waals surface area (Å²) in [6, 6.07) is 22.8. The van der Waals surface area contributed by atoms with E-state index in [2.05, 4.69) is 5.32 Å². The molecule has 14 heteroatoms. The van der Waals surface area contributed by atoms with Crippen LogP contribution in [-0.4, -0.2) is 88.7 Å². The van der Waals surface area contributed by atoms with Crippen molar-refractivity contribution in [1.29, 1.82) is 10.8 Å². The highest BCUT2D eigenvalue weighted by atomic mass is 16.6. The molecule has 0 spiro atoms. The molecular formula is C43H58N6O8. The number of carbonyl (C=O) groups excluding carboxylic acids is 3. The van der Waals surface area contributed by atoms with E-state index in [1.54, 1.807) is 130 Å². The minimum atomic E-state index is -0.867. The first-order valence-electron chi connectivity index (χ1n) is 18.9. The Kier molecular flexibility index (Phi) is 16.2. The molecule has 3 N–H and O–H groups in total. The van der Waals surface area contributed by atoms with Gasteiger partial charge in [-0.15, -0.1) is 0 Å². The zero-order valence-corrected chi connectivity index (χ0v) is 34.9. The summed E-state index contributed by atoms with van der Waals surface area (Å²) in [5.41, 5.74) is -0.241. The number of nitrogens with zero attached hydrogens (tertiary/aromatic N) is 3. The second-order valence-corrected chi connectivity index (χ2v) is 16.1. The Morgan fingerprint density at radius 2 is 1.04 bits per heavy atom. The molecule has 0 heterocycles. The number of amidine groups is 1. The normalized spacial score (nSPS) is 11.9. The molecule has 308 valence electrons. The van der Waals surface area contributed by atoms with Gasteiger partial charge in [-0.3, -0.25) is 10.7 Å². The van der Waals surface area contributed by atoms with Gasteiger partial charge in [0.15, 0.2) is 0 Å². The number of alkyl carbamates (subject to hydrolysis) is 1. The number of hydrogen-bond donors (Lipinski definition) is 3. The Morgan fingerprint density at radius 3 is 1.44 bits per heavy atom. The molecule has 0 saturated carbocycles. The number of hydrogen-bond acceptors (Lipinski definition) is 11. The van der Waals surface area contributed by atoms with Crippen LogP contribution in [0.3, 0.4) is 0 Å². The summed E-state index contributed by atoms with van der Waals surface area (Å²) >= 11 is 0. The van der Waals surface area contributed by atoms with Crippen molar-refractivity contribution in [3.05, 3.63) is 90.0 Å². The highest BCUT2D eigenvalue weighted by Gasteiger charge is 2.34. The van der Waals surface area contributed by atoms with Crippen LogP contribution in [0.15, 0.2) is 83.9 Å². The van der Waals surface area contributed by atoms with Crippen molar-refractivity contribution in [3.8, 4) is 11.5 Å². The molecule has 0 radical (unpaired) electrons. The molecule has 0 saturated heterocycles. The third kappa shape index (κ3) is 16.8. The first-order chi connectivity index (χ1) is 26.6. The van der Waals surface area contributed by atoms with Gasteiger partial charge in [-0.25, -0.2) is 29.2 Å². The van der Waals surface area contributed by atoms with Crippen LogP contribution < -0.4 is 14.8 Å². The monoisotopic (exact) mass is 786 g/mol. The van der Waals surface area contributed by atoms with Crippen LogP contribution in [0.1, 0.15) is 93.2 Å². The molecule has 14 nitrogen and oxygen atoms in total. The lowest BCUT2D eigenvalue weighted by molar-refractivity contribution is 0.0270. The fourth-order valence-electron chi connectivity index (χ4n) is 4.89. The van der Waals surface area contributed by atoms with Gasteiger partial charge in [0.2, 0.25) is 5.96 Å². The summed E-state index contributed by atoms with van der Waals surface area (Å²) in [5, 5.41) is 18.5. The molecule has 3 amide bonds. The van der Waals surface area contributed by atoms with E-state index in [9.17, 15) is 14.4 Å². The second kappa shape index (κ2) is 20.3. The van der Waals surface area contributed by atoms with Gasteiger partial charge in [0.1, 0.15) is 34.1 Å². The van der Waals surface area contributed by atoms with Crippen LogP contribution in [-0.2, 0) is 14.2 Å². The quantitative estimate of drug-likeness (QED) is 0.0665. The molecular weight excluding hydrogens is 729 g/mol. The van der Waals surface area contributed by atoms with Crippen molar-refractivity contribution in [1.82, 2.24) is 15.1 Å². The maximum Gasteiger partial charge on any atom is 0.417 e. The van der Waals surface area contributed by atoms with Gasteiger partial charge in [0, 0.05) is 24.4 Å². The third-order valence-electron chi connectivity index (χ3n) is 7.34. The molecule has 3 aromatic rings. The van der Waals surface area contributed by atoms with Crippen molar-refractivity contribution in [2.24, 2.45) is 4.99 Å². The van der Waals surface area contributed by atoms with Crippen molar-refractivity contribution >= 4 is 41.5 Å². The lowest BCUT2D eigenvalue weighted by atomic mass is 10.1. The summed E-state index contributed by atoms with van der Waals surface area (Å²) in [4.78, 5) is 47.6. The predicted molar refractivity (Wildman–Crippen MR) is 221 cm³/mol. The van der Waals surface area contributed by atoms with Gasteiger partial charge in [0.05, 0.1) is 18.9 Å². The Labute approximate surface area is 336 Å². The number of nitrogens with one attached hydrogen (secondary N) is 3. The first-order valence-corrected chi connectivity index (χ1v) is 18.9. The molecule has 0 aliphatic carbocycles. The number of aliphatic imine (C=N–C) groups is 1. The lowest BCUT2D eigenvalue weighted by Gasteiger charge is -2.34. The van der Waals surface area contributed by atoms with E-state index in [-0.39, 0.29) is 38.1 Å². The topological polar surface area (TPSA) is 176 Å². The second-order valence-electron chi connectivity index (χ2n) is 16.1. The fraction of sp³-hybridized carbons (Fsp3) is 0.442. The number of ether oxygens (including phenoxy) is 5. The summed E-state index contributed by atoms with van der Waals surface area (Å²) < 4.78 is 28.9. The summed E-state index contributed by atoms with van der Waals surface area (Å²) in [6.45, 7) is 18.0. The average molecular weight is 787 g/mol. The van der Waals surface area contributed by atoms with Crippen LogP contribution in [0.25, 0.3) is 0 Å². The Bertz CT molecular complexity index is 1840. The number of para-hydroxylation sites is 1.